The van der Waals surface area contributed by atoms with Gasteiger partial charge in [0.15, 0.2) is 5.60 Å². The molecule has 0 heterocycles. The third kappa shape index (κ3) is 9.75. The van der Waals surface area contributed by atoms with Crippen LogP contribution in [0, 0.1) is 5.41 Å². The highest BCUT2D eigenvalue weighted by molar-refractivity contribution is 5.88. The van der Waals surface area contributed by atoms with Crippen LogP contribution < -0.4 is 0 Å². The predicted molar refractivity (Wildman–Crippen MR) is 101 cm³/mol. The lowest BCUT2D eigenvalue weighted by atomic mass is 9.75. The normalized spacial score (nSPS) is 13.8. The van der Waals surface area contributed by atoms with Crippen molar-refractivity contribution in [3.8, 4) is 0 Å². The van der Waals surface area contributed by atoms with Gasteiger partial charge >= 0.3 is 17.9 Å². The second-order valence-electron chi connectivity index (χ2n) is 7.56. The van der Waals surface area contributed by atoms with E-state index in [0.717, 1.165) is 57.8 Å². The summed E-state index contributed by atoms with van der Waals surface area (Å²) >= 11 is 0. The Balaban J connectivity index is 5.11. The van der Waals surface area contributed by atoms with E-state index in [1.165, 1.54) is 0 Å². The maximum atomic E-state index is 12.2. The fourth-order valence-electron chi connectivity index (χ4n) is 3.23. The first-order valence-electron chi connectivity index (χ1n) is 9.98. The average Bonchev–Trinajstić information content (AvgIpc) is 2.59. The molecule has 0 saturated carbocycles. The summed E-state index contributed by atoms with van der Waals surface area (Å²) in [6.07, 6.45) is 7.00. The van der Waals surface area contributed by atoms with E-state index in [0.29, 0.717) is 0 Å². The summed E-state index contributed by atoms with van der Waals surface area (Å²) in [4.78, 5) is 34.2. The molecule has 3 N–H and O–H groups in total. The summed E-state index contributed by atoms with van der Waals surface area (Å²) in [5.41, 5.74) is -2.80. The van der Waals surface area contributed by atoms with Crippen molar-refractivity contribution in [2.75, 3.05) is 6.61 Å². The number of aliphatic hydroxyl groups is 1. The van der Waals surface area contributed by atoms with Crippen LogP contribution in [0.2, 0.25) is 0 Å². The van der Waals surface area contributed by atoms with Gasteiger partial charge in [-0.3, -0.25) is 9.59 Å². The van der Waals surface area contributed by atoms with Crippen molar-refractivity contribution in [2.45, 2.75) is 97.0 Å². The molecule has 0 aliphatic rings. The summed E-state index contributed by atoms with van der Waals surface area (Å²) in [7, 11) is 0. The lowest BCUT2D eigenvalue weighted by Crippen LogP contribution is -2.43. The quantitative estimate of drug-likeness (QED) is 0.344. The van der Waals surface area contributed by atoms with Crippen LogP contribution in [0.3, 0.4) is 0 Å². The number of carboxylic acids is 2. The molecule has 0 fully saturated rings. The molecule has 7 nitrogen and oxygen atoms in total. The van der Waals surface area contributed by atoms with Gasteiger partial charge in [-0.05, 0) is 19.3 Å². The Kier molecular flexibility index (Phi) is 11.9. The zero-order valence-electron chi connectivity index (χ0n) is 17.0. The van der Waals surface area contributed by atoms with E-state index in [-0.39, 0.29) is 12.0 Å². The van der Waals surface area contributed by atoms with Gasteiger partial charge in [-0.25, -0.2) is 4.79 Å². The molecular weight excluding hydrogens is 352 g/mol. The molecule has 0 radical (unpaired) electrons. The van der Waals surface area contributed by atoms with Crippen LogP contribution in [-0.4, -0.2) is 45.4 Å². The Bertz CT molecular complexity index is 453. The second kappa shape index (κ2) is 12.7. The number of hydrogen-bond acceptors (Lipinski definition) is 5. The lowest BCUT2D eigenvalue weighted by Gasteiger charge is -2.34. The molecule has 0 aliphatic carbocycles. The number of rotatable bonds is 16. The van der Waals surface area contributed by atoms with Crippen LogP contribution in [-0.2, 0) is 19.1 Å². The Hall–Kier alpha value is -1.63. The summed E-state index contributed by atoms with van der Waals surface area (Å²) in [6.45, 7) is 6.49. The Morgan fingerprint density at radius 1 is 0.815 bits per heavy atom. The fourth-order valence-corrected chi connectivity index (χ4v) is 3.23. The molecule has 7 heteroatoms. The smallest absolute Gasteiger partial charge is 0.336 e. The largest absolute Gasteiger partial charge is 0.481 e. The van der Waals surface area contributed by atoms with E-state index in [9.17, 15) is 19.5 Å². The molecule has 0 aliphatic heterocycles. The standard InChI is InChI=1S/C20H36O7/c1-4-7-10-19(11-8-5-2,12-9-6-3)15-27-17(23)14-20(26,18(24)25)13-16(21)22/h26H,4-15H2,1-3H3,(H,21,22)(H,24,25). The second-order valence-corrected chi connectivity index (χ2v) is 7.56. The molecule has 0 aromatic carbocycles. The predicted octanol–water partition coefficient (Wildman–Crippen LogP) is 3.77. The van der Waals surface area contributed by atoms with Crippen LogP contribution in [0.5, 0.6) is 0 Å². The first-order valence-corrected chi connectivity index (χ1v) is 9.98. The van der Waals surface area contributed by atoms with Crippen LogP contribution in [0.1, 0.15) is 91.4 Å². The average molecular weight is 389 g/mol. The van der Waals surface area contributed by atoms with E-state index in [4.69, 9.17) is 14.9 Å². The van der Waals surface area contributed by atoms with Gasteiger partial charge in [0.2, 0.25) is 0 Å². The molecule has 0 rings (SSSR count). The Morgan fingerprint density at radius 2 is 1.26 bits per heavy atom. The molecule has 0 amide bonds. The summed E-state index contributed by atoms with van der Waals surface area (Å²) in [6, 6.07) is 0. The maximum absolute atomic E-state index is 12.2. The lowest BCUT2D eigenvalue weighted by molar-refractivity contribution is -0.173. The molecule has 1 atom stereocenters. The van der Waals surface area contributed by atoms with Gasteiger partial charge in [0, 0.05) is 5.41 Å². The highest BCUT2D eigenvalue weighted by Gasteiger charge is 2.42. The van der Waals surface area contributed by atoms with Gasteiger partial charge < -0.3 is 20.1 Å². The molecule has 0 spiro atoms. The number of esters is 1. The number of carboxylic acid groups (broad SMARTS) is 2. The fraction of sp³-hybridized carbons (Fsp3) is 0.850. The first-order chi connectivity index (χ1) is 12.6. The summed E-state index contributed by atoms with van der Waals surface area (Å²) < 4.78 is 5.37. The maximum Gasteiger partial charge on any atom is 0.336 e. The Morgan fingerprint density at radius 3 is 1.59 bits per heavy atom. The number of carbonyl (C=O) groups excluding carboxylic acids is 1. The van der Waals surface area contributed by atoms with Crippen molar-refractivity contribution in [2.24, 2.45) is 5.41 Å². The van der Waals surface area contributed by atoms with E-state index < -0.39 is 36.4 Å². The zero-order valence-corrected chi connectivity index (χ0v) is 17.0. The first kappa shape index (κ1) is 25.4. The Labute approximate surface area is 162 Å². The van der Waals surface area contributed by atoms with Crippen LogP contribution in [0.15, 0.2) is 0 Å². The molecule has 0 saturated heterocycles. The van der Waals surface area contributed by atoms with Crippen LogP contribution in [0.25, 0.3) is 0 Å². The minimum atomic E-state index is -2.65. The number of unbranched alkanes of at least 4 members (excludes halogenated alkanes) is 3. The van der Waals surface area contributed by atoms with Crippen molar-refractivity contribution in [3.05, 3.63) is 0 Å². The van der Waals surface area contributed by atoms with Gasteiger partial charge in [-0.15, -0.1) is 0 Å². The molecule has 0 aromatic rings. The number of carbonyl (C=O) groups is 3. The van der Waals surface area contributed by atoms with Crippen molar-refractivity contribution in [1.29, 1.82) is 0 Å². The zero-order chi connectivity index (χ0) is 20.9. The van der Waals surface area contributed by atoms with E-state index >= 15 is 0 Å². The summed E-state index contributed by atoms with van der Waals surface area (Å²) in [5, 5.41) is 27.9. The van der Waals surface area contributed by atoms with E-state index in [1.807, 2.05) is 0 Å². The van der Waals surface area contributed by atoms with Gasteiger partial charge in [-0.1, -0.05) is 59.3 Å². The van der Waals surface area contributed by atoms with Crippen molar-refractivity contribution < 1.29 is 34.4 Å². The monoisotopic (exact) mass is 388 g/mol. The molecule has 158 valence electrons. The van der Waals surface area contributed by atoms with E-state index in [2.05, 4.69) is 20.8 Å². The molecule has 1 unspecified atom stereocenters. The minimum absolute atomic E-state index is 0.147. The topological polar surface area (TPSA) is 121 Å². The van der Waals surface area contributed by atoms with Gasteiger partial charge in [0.05, 0.1) is 19.4 Å². The van der Waals surface area contributed by atoms with Gasteiger partial charge in [-0.2, -0.15) is 0 Å². The number of hydrogen-bond donors (Lipinski definition) is 3. The van der Waals surface area contributed by atoms with E-state index in [1.54, 1.807) is 0 Å². The van der Waals surface area contributed by atoms with Crippen molar-refractivity contribution in [1.82, 2.24) is 0 Å². The van der Waals surface area contributed by atoms with Crippen molar-refractivity contribution in [3.63, 3.8) is 0 Å². The number of aliphatic carboxylic acids is 2. The SMILES string of the molecule is CCCCC(CCCC)(CCCC)COC(=O)CC(O)(CC(=O)O)C(=O)O. The van der Waals surface area contributed by atoms with Crippen LogP contribution in [0.4, 0.5) is 0 Å². The summed E-state index contributed by atoms with van der Waals surface area (Å²) in [5.74, 6) is -4.11. The molecular formula is C20H36O7. The van der Waals surface area contributed by atoms with Gasteiger partial charge in [0.25, 0.3) is 0 Å². The highest BCUT2D eigenvalue weighted by Crippen LogP contribution is 2.37. The third-order valence-corrected chi connectivity index (χ3v) is 5.00. The number of ether oxygens (including phenoxy) is 1. The highest BCUT2D eigenvalue weighted by atomic mass is 16.5. The van der Waals surface area contributed by atoms with Crippen molar-refractivity contribution >= 4 is 17.9 Å². The molecule has 0 aromatic heterocycles. The van der Waals surface area contributed by atoms with Crippen LogP contribution >= 0.6 is 0 Å². The third-order valence-electron chi connectivity index (χ3n) is 5.00. The molecule has 27 heavy (non-hydrogen) atoms. The van der Waals surface area contributed by atoms with Gasteiger partial charge in [0.1, 0.15) is 0 Å². The molecule has 0 bridgehead atoms. The minimum Gasteiger partial charge on any atom is -0.481 e.